The van der Waals surface area contributed by atoms with Crippen LogP contribution in [0.5, 0.6) is 0 Å². The molecule has 19 heavy (non-hydrogen) atoms. The monoisotopic (exact) mass is 266 g/mol. The highest BCUT2D eigenvalue weighted by Crippen LogP contribution is 2.21. The van der Waals surface area contributed by atoms with Crippen LogP contribution in [0.1, 0.15) is 25.1 Å². The molecule has 0 bridgehead atoms. The molecule has 0 radical (unpaired) electrons. The number of aromatic nitrogens is 3. The fourth-order valence-electron chi connectivity index (χ4n) is 1.71. The first kappa shape index (κ1) is 13.6. The van der Waals surface area contributed by atoms with Crippen molar-refractivity contribution in [1.82, 2.24) is 20.3 Å². The van der Waals surface area contributed by atoms with Crippen LogP contribution >= 0.6 is 0 Å². The first-order chi connectivity index (χ1) is 9.00. The zero-order valence-electron chi connectivity index (χ0n) is 11.1. The molecule has 1 aromatic carbocycles. The predicted molar refractivity (Wildman–Crippen MR) is 68.0 cm³/mol. The Morgan fingerprint density at radius 1 is 1.32 bits per heavy atom. The number of halogens is 2. The van der Waals surface area contributed by atoms with Gasteiger partial charge in [0.05, 0.1) is 11.9 Å². The number of hydrogen-bond acceptors (Lipinski definition) is 3. The van der Waals surface area contributed by atoms with Gasteiger partial charge in [0.2, 0.25) is 0 Å². The highest BCUT2D eigenvalue weighted by atomic mass is 19.1. The summed E-state index contributed by atoms with van der Waals surface area (Å²) >= 11 is 0. The molecular formula is C13H16F2N4. The zero-order valence-corrected chi connectivity index (χ0v) is 11.1. The van der Waals surface area contributed by atoms with Crippen molar-refractivity contribution < 1.29 is 8.78 Å². The lowest BCUT2D eigenvalue weighted by molar-refractivity contribution is 0.532. The number of hydrogen-bond donors (Lipinski definition) is 1. The van der Waals surface area contributed by atoms with E-state index in [9.17, 15) is 8.78 Å². The van der Waals surface area contributed by atoms with E-state index in [0.29, 0.717) is 17.8 Å². The van der Waals surface area contributed by atoms with Gasteiger partial charge in [-0.15, -0.1) is 5.10 Å². The summed E-state index contributed by atoms with van der Waals surface area (Å²) < 4.78 is 29.1. The van der Waals surface area contributed by atoms with Gasteiger partial charge < -0.3 is 5.32 Å². The van der Waals surface area contributed by atoms with Crippen LogP contribution in [0.2, 0.25) is 0 Å². The predicted octanol–water partition coefficient (Wildman–Crippen LogP) is 2.35. The van der Waals surface area contributed by atoms with E-state index in [1.165, 1.54) is 23.0 Å². The third-order valence-electron chi connectivity index (χ3n) is 2.78. The second kappa shape index (κ2) is 5.44. The molecule has 2 aromatic rings. The van der Waals surface area contributed by atoms with Gasteiger partial charge in [-0.25, -0.2) is 13.5 Å². The minimum atomic E-state index is -0.653. The summed E-state index contributed by atoms with van der Waals surface area (Å²) in [6, 6.07) is 2.89. The molecule has 0 saturated carbocycles. The number of nitrogens with one attached hydrogen (secondary N) is 1. The fourth-order valence-corrected chi connectivity index (χ4v) is 1.71. The van der Waals surface area contributed by atoms with E-state index >= 15 is 0 Å². The molecule has 0 unspecified atom stereocenters. The Labute approximate surface area is 110 Å². The van der Waals surface area contributed by atoms with Gasteiger partial charge in [0.25, 0.3) is 0 Å². The van der Waals surface area contributed by atoms with Crippen LogP contribution < -0.4 is 5.32 Å². The molecule has 0 aliphatic heterocycles. The van der Waals surface area contributed by atoms with Crippen molar-refractivity contribution in [2.24, 2.45) is 0 Å². The average Bonchev–Trinajstić information content (AvgIpc) is 2.80. The van der Waals surface area contributed by atoms with Crippen LogP contribution in [0.25, 0.3) is 5.69 Å². The summed E-state index contributed by atoms with van der Waals surface area (Å²) in [4.78, 5) is 0. The van der Waals surface area contributed by atoms with Gasteiger partial charge >= 0.3 is 0 Å². The summed E-state index contributed by atoms with van der Waals surface area (Å²) in [6.07, 6.45) is 1.50. The summed E-state index contributed by atoms with van der Waals surface area (Å²) in [5.74, 6) is -1.27. The van der Waals surface area contributed by atoms with Gasteiger partial charge in [0.15, 0.2) is 11.6 Å². The van der Waals surface area contributed by atoms with Crippen LogP contribution in [0.3, 0.4) is 0 Å². The van der Waals surface area contributed by atoms with Crippen molar-refractivity contribution >= 4 is 0 Å². The van der Waals surface area contributed by atoms with Crippen LogP contribution in [0, 0.1) is 18.6 Å². The number of rotatable bonds is 4. The summed E-state index contributed by atoms with van der Waals surface area (Å²) in [7, 11) is 0. The van der Waals surface area contributed by atoms with Crippen molar-refractivity contribution in [2.45, 2.75) is 33.4 Å². The van der Waals surface area contributed by atoms with Gasteiger partial charge in [-0.1, -0.05) is 25.1 Å². The molecule has 6 heteroatoms. The smallest absolute Gasteiger partial charge is 0.154 e. The van der Waals surface area contributed by atoms with Gasteiger partial charge in [-0.3, -0.25) is 0 Å². The summed E-state index contributed by atoms with van der Waals surface area (Å²) in [6.45, 7) is 6.00. The molecule has 0 fully saturated rings. The summed E-state index contributed by atoms with van der Waals surface area (Å²) in [5.41, 5.74) is 0.796. The lowest BCUT2D eigenvalue weighted by Gasteiger charge is -2.11. The molecule has 102 valence electrons. The number of benzene rings is 1. The quantitative estimate of drug-likeness (QED) is 0.923. The molecule has 0 aliphatic rings. The van der Waals surface area contributed by atoms with Crippen molar-refractivity contribution in [3.05, 3.63) is 41.2 Å². The second-order valence-electron chi connectivity index (χ2n) is 4.70. The van der Waals surface area contributed by atoms with Gasteiger partial charge in [-0.2, -0.15) is 0 Å². The lowest BCUT2D eigenvalue weighted by atomic mass is 10.2. The van der Waals surface area contributed by atoms with Crippen LogP contribution in [0.15, 0.2) is 18.3 Å². The Balaban J connectivity index is 2.43. The van der Waals surface area contributed by atoms with Gasteiger partial charge in [-0.05, 0) is 18.6 Å². The van der Waals surface area contributed by atoms with E-state index in [4.69, 9.17) is 0 Å². The third kappa shape index (κ3) is 2.78. The van der Waals surface area contributed by atoms with E-state index in [1.54, 1.807) is 6.92 Å². The van der Waals surface area contributed by atoms with Gasteiger partial charge in [0, 0.05) is 12.6 Å². The van der Waals surface area contributed by atoms with Crippen LogP contribution in [-0.4, -0.2) is 21.0 Å². The minimum absolute atomic E-state index is 0.182. The highest BCUT2D eigenvalue weighted by molar-refractivity contribution is 5.39. The Hall–Kier alpha value is -1.82. The molecule has 1 N–H and O–H groups in total. The van der Waals surface area contributed by atoms with Crippen molar-refractivity contribution in [3.8, 4) is 5.69 Å². The highest BCUT2D eigenvalue weighted by Gasteiger charge is 2.17. The van der Waals surface area contributed by atoms with Crippen LogP contribution in [0.4, 0.5) is 8.78 Å². The van der Waals surface area contributed by atoms with E-state index in [1.807, 2.05) is 13.8 Å². The maximum absolute atomic E-state index is 14.1. The van der Waals surface area contributed by atoms with E-state index in [0.717, 1.165) is 0 Å². The maximum atomic E-state index is 14.1. The average molecular weight is 266 g/mol. The lowest BCUT2D eigenvalue weighted by Crippen LogP contribution is -2.23. The van der Waals surface area contributed by atoms with E-state index in [-0.39, 0.29) is 11.7 Å². The van der Waals surface area contributed by atoms with Crippen molar-refractivity contribution in [2.75, 3.05) is 0 Å². The summed E-state index contributed by atoms with van der Waals surface area (Å²) in [5, 5.41) is 10.7. The SMILES string of the molecule is Cc1ccc(F)c(-n2nncc2CNC(C)C)c1F. The minimum Gasteiger partial charge on any atom is -0.309 e. The van der Waals surface area contributed by atoms with Gasteiger partial charge in [0.1, 0.15) is 5.69 Å². The topological polar surface area (TPSA) is 42.7 Å². The molecule has 1 heterocycles. The zero-order chi connectivity index (χ0) is 14.0. The molecule has 2 rings (SSSR count). The molecule has 0 amide bonds. The Morgan fingerprint density at radius 3 is 2.74 bits per heavy atom. The molecule has 1 aromatic heterocycles. The molecule has 0 atom stereocenters. The normalized spacial score (nSPS) is 11.3. The van der Waals surface area contributed by atoms with Crippen LogP contribution in [-0.2, 0) is 6.54 Å². The first-order valence-corrected chi connectivity index (χ1v) is 6.08. The van der Waals surface area contributed by atoms with E-state index < -0.39 is 11.6 Å². The molecular weight excluding hydrogens is 250 g/mol. The maximum Gasteiger partial charge on any atom is 0.154 e. The number of aryl methyl sites for hydroxylation is 1. The third-order valence-corrected chi connectivity index (χ3v) is 2.78. The Kier molecular flexibility index (Phi) is 3.90. The largest absolute Gasteiger partial charge is 0.309 e. The molecule has 0 saturated heterocycles. The first-order valence-electron chi connectivity index (χ1n) is 6.08. The fraction of sp³-hybridized carbons (Fsp3) is 0.385. The Bertz CT molecular complexity index is 578. The van der Waals surface area contributed by atoms with E-state index in [2.05, 4.69) is 15.6 Å². The van der Waals surface area contributed by atoms with Crippen molar-refractivity contribution in [1.29, 1.82) is 0 Å². The molecule has 4 nitrogen and oxygen atoms in total. The molecule has 0 aliphatic carbocycles. The van der Waals surface area contributed by atoms with Crippen molar-refractivity contribution in [3.63, 3.8) is 0 Å². The molecule has 0 spiro atoms. The number of nitrogens with zero attached hydrogens (tertiary/aromatic N) is 3. The standard InChI is InChI=1S/C13H16F2N4/c1-8(2)16-6-10-7-17-18-19(10)13-11(14)5-4-9(3)12(13)15/h4-5,7-8,16H,6H2,1-3H3. The second-order valence-corrected chi connectivity index (χ2v) is 4.70. The Morgan fingerprint density at radius 2 is 2.05 bits per heavy atom.